The number of fused-ring (bicyclic) bond motifs is 12. The standard InChI is InChI=1S/C53H30N4/c1-55-41-25-40(31-57-32-41)36-18-20-37(21-19-36)47-27-51-52(45-11-3-2-8-42(45)47)46-23-22-38(34-14-16-35(17-15-34)39-24-33(28-54)29-56-30-39)26-50(46)53(51)48-12-6-4-9-43(48)44-10-5-7-13-49(44)53/h2-27,29-32H. The monoisotopic (exact) mass is 722 g/mol. The molecule has 2 aliphatic rings. The van der Waals surface area contributed by atoms with E-state index >= 15 is 0 Å². The van der Waals surface area contributed by atoms with Gasteiger partial charge in [-0.3, -0.25) is 9.97 Å². The normalized spacial score (nSPS) is 12.7. The minimum absolute atomic E-state index is 0.531. The summed E-state index contributed by atoms with van der Waals surface area (Å²) >= 11 is 0. The van der Waals surface area contributed by atoms with E-state index in [1.807, 2.05) is 18.3 Å². The van der Waals surface area contributed by atoms with Gasteiger partial charge in [-0.25, -0.2) is 4.85 Å². The second-order valence-corrected chi connectivity index (χ2v) is 14.8. The number of nitriles is 1. The van der Waals surface area contributed by atoms with Crippen LogP contribution in [0.5, 0.6) is 0 Å². The largest absolute Gasteiger partial charge is 0.276 e. The summed E-state index contributed by atoms with van der Waals surface area (Å²) < 4.78 is 0. The van der Waals surface area contributed by atoms with Crippen molar-refractivity contribution in [2.45, 2.75) is 5.41 Å². The molecule has 1 spiro atoms. The van der Waals surface area contributed by atoms with Gasteiger partial charge in [0, 0.05) is 30.4 Å². The maximum Gasteiger partial charge on any atom is 0.205 e. The van der Waals surface area contributed by atoms with E-state index in [0.717, 1.165) is 38.9 Å². The van der Waals surface area contributed by atoms with Crippen LogP contribution in [0.15, 0.2) is 183 Å². The summed E-state index contributed by atoms with van der Waals surface area (Å²) in [6, 6.07) is 59.5. The van der Waals surface area contributed by atoms with E-state index < -0.39 is 5.41 Å². The van der Waals surface area contributed by atoms with Crippen molar-refractivity contribution in [1.29, 1.82) is 5.26 Å². The Morgan fingerprint density at radius 1 is 0.439 bits per heavy atom. The third kappa shape index (κ3) is 4.78. The fourth-order valence-electron chi connectivity index (χ4n) is 9.42. The summed E-state index contributed by atoms with van der Waals surface area (Å²) in [5, 5.41) is 11.9. The van der Waals surface area contributed by atoms with E-state index in [1.165, 1.54) is 60.8 Å². The zero-order valence-corrected chi connectivity index (χ0v) is 30.6. The molecule has 11 rings (SSSR count). The van der Waals surface area contributed by atoms with Crippen molar-refractivity contribution >= 4 is 16.5 Å². The summed E-state index contributed by atoms with van der Waals surface area (Å²) in [5.41, 5.74) is 19.3. The topological polar surface area (TPSA) is 53.9 Å². The predicted molar refractivity (Wildman–Crippen MR) is 229 cm³/mol. The number of hydrogen-bond donors (Lipinski definition) is 0. The molecule has 0 saturated heterocycles. The Balaban J connectivity index is 1.14. The first-order chi connectivity index (χ1) is 28.1. The van der Waals surface area contributed by atoms with Crippen LogP contribution in [0.4, 0.5) is 5.69 Å². The fourth-order valence-corrected chi connectivity index (χ4v) is 9.42. The molecule has 0 unspecified atom stereocenters. The van der Waals surface area contributed by atoms with Crippen molar-refractivity contribution in [3.05, 3.63) is 222 Å². The van der Waals surface area contributed by atoms with E-state index in [9.17, 15) is 5.26 Å². The smallest absolute Gasteiger partial charge is 0.205 e. The van der Waals surface area contributed by atoms with E-state index in [0.29, 0.717) is 11.3 Å². The van der Waals surface area contributed by atoms with Gasteiger partial charge in [0.1, 0.15) is 6.07 Å². The predicted octanol–water partition coefficient (Wildman–Crippen LogP) is 13.1. The lowest BCUT2D eigenvalue weighted by atomic mass is 9.69. The van der Waals surface area contributed by atoms with Gasteiger partial charge in [-0.1, -0.05) is 133 Å². The van der Waals surface area contributed by atoms with Crippen LogP contribution in [-0.4, -0.2) is 9.97 Å². The first kappa shape index (κ1) is 32.5. The van der Waals surface area contributed by atoms with Crippen LogP contribution < -0.4 is 0 Å². The van der Waals surface area contributed by atoms with Crippen LogP contribution in [-0.2, 0) is 5.41 Å². The van der Waals surface area contributed by atoms with E-state index in [2.05, 4.69) is 166 Å². The highest BCUT2D eigenvalue weighted by molar-refractivity contribution is 6.11. The number of pyridine rings is 2. The maximum absolute atomic E-state index is 9.45. The van der Waals surface area contributed by atoms with Gasteiger partial charge in [0.25, 0.3) is 0 Å². The molecule has 7 aromatic carbocycles. The summed E-state index contributed by atoms with van der Waals surface area (Å²) in [6.45, 7) is 7.47. The maximum atomic E-state index is 9.45. The molecule has 4 heteroatoms. The Morgan fingerprint density at radius 2 is 1.00 bits per heavy atom. The van der Waals surface area contributed by atoms with Gasteiger partial charge in [-0.15, -0.1) is 0 Å². The number of nitrogens with zero attached hydrogens (tertiary/aromatic N) is 4. The molecule has 0 radical (unpaired) electrons. The third-order valence-corrected chi connectivity index (χ3v) is 11.9. The molecule has 0 N–H and O–H groups in total. The lowest BCUT2D eigenvalue weighted by Gasteiger charge is -2.31. The minimum atomic E-state index is -0.540. The summed E-state index contributed by atoms with van der Waals surface area (Å²) in [5.74, 6) is 0. The molecule has 0 fully saturated rings. The minimum Gasteiger partial charge on any atom is -0.276 e. The lowest BCUT2D eigenvalue weighted by Crippen LogP contribution is -2.26. The van der Waals surface area contributed by atoms with Gasteiger partial charge < -0.3 is 0 Å². The van der Waals surface area contributed by atoms with Gasteiger partial charge >= 0.3 is 0 Å². The van der Waals surface area contributed by atoms with Crippen LogP contribution in [0.1, 0.15) is 27.8 Å². The molecule has 4 nitrogen and oxygen atoms in total. The molecule has 57 heavy (non-hydrogen) atoms. The van der Waals surface area contributed by atoms with Gasteiger partial charge in [0.2, 0.25) is 5.69 Å². The summed E-state index contributed by atoms with van der Waals surface area (Å²) in [4.78, 5) is 12.2. The second-order valence-electron chi connectivity index (χ2n) is 14.8. The Labute approximate surface area is 330 Å². The van der Waals surface area contributed by atoms with Crippen LogP contribution in [0.25, 0.3) is 82.4 Å². The van der Waals surface area contributed by atoms with Gasteiger partial charge in [-0.2, -0.15) is 5.26 Å². The Kier molecular flexibility index (Phi) is 7.17. The molecule has 262 valence electrons. The molecular formula is C53H30N4. The lowest BCUT2D eigenvalue weighted by molar-refractivity contribution is 0.795. The average Bonchev–Trinajstić information content (AvgIpc) is 3.76. The molecule has 0 aliphatic heterocycles. The first-order valence-corrected chi connectivity index (χ1v) is 19.0. The molecule has 0 saturated carbocycles. The molecule has 2 heterocycles. The zero-order chi connectivity index (χ0) is 38.1. The number of aromatic nitrogens is 2. The SMILES string of the molecule is [C-]#[N+]c1cncc(-c2ccc(-c3cc4c(c5ccccc35)-c3ccc(-c5ccc(-c6cncc(C#N)c6)cc5)cc3C43c4ccccc4-c4ccccc43)cc2)c1. The fraction of sp³-hybridized carbons (Fsp3) is 0.0189. The second kappa shape index (κ2) is 12.6. The van der Waals surface area contributed by atoms with Crippen molar-refractivity contribution in [3.63, 3.8) is 0 Å². The van der Waals surface area contributed by atoms with Crippen LogP contribution in [0.2, 0.25) is 0 Å². The highest BCUT2D eigenvalue weighted by Crippen LogP contribution is 2.64. The van der Waals surface area contributed by atoms with E-state index in [1.54, 1.807) is 18.6 Å². The number of hydrogen-bond acceptors (Lipinski definition) is 3. The van der Waals surface area contributed by atoms with Crippen molar-refractivity contribution in [3.8, 4) is 72.8 Å². The van der Waals surface area contributed by atoms with Crippen LogP contribution in [0.3, 0.4) is 0 Å². The summed E-state index contributed by atoms with van der Waals surface area (Å²) in [6.07, 6.45) is 6.82. The van der Waals surface area contributed by atoms with Crippen molar-refractivity contribution in [2.24, 2.45) is 0 Å². The molecule has 0 bridgehead atoms. The van der Waals surface area contributed by atoms with Crippen molar-refractivity contribution in [2.75, 3.05) is 0 Å². The highest BCUT2D eigenvalue weighted by Gasteiger charge is 2.52. The number of rotatable bonds is 4. The van der Waals surface area contributed by atoms with Gasteiger partial charge in [0.15, 0.2) is 0 Å². The Hall–Kier alpha value is -7.92. The first-order valence-electron chi connectivity index (χ1n) is 19.0. The third-order valence-electron chi connectivity index (χ3n) is 11.9. The quantitative estimate of drug-likeness (QED) is 0.170. The molecular weight excluding hydrogens is 693 g/mol. The summed E-state index contributed by atoms with van der Waals surface area (Å²) in [7, 11) is 0. The Bertz CT molecular complexity index is 3150. The Morgan fingerprint density at radius 3 is 1.67 bits per heavy atom. The van der Waals surface area contributed by atoms with Gasteiger partial charge in [0.05, 0.1) is 17.6 Å². The zero-order valence-electron chi connectivity index (χ0n) is 30.6. The van der Waals surface area contributed by atoms with Crippen molar-refractivity contribution < 1.29 is 0 Å². The molecule has 2 aliphatic carbocycles. The molecule has 9 aromatic rings. The van der Waals surface area contributed by atoms with Crippen LogP contribution in [0, 0.1) is 17.9 Å². The highest BCUT2D eigenvalue weighted by atomic mass is 14.7. The number of benzene rings is 7. The molecule has 2 aromatic heterocycles. The van der Waals surface area contributed by atoms with E-state index in [4.69, 9.17) is 6.57 Å². The average molecular weight is 723 g/mol. The van der Waals surface area contributed by atoms with Crippen LogP contribution >= 0.6 is 0 Å². The van der Waals surface area contributed by atoms with E-state index in [-0.39, 0.29) is 0 Å². The van der Waals surface area contributed by atoms with Crippen molar-refractivity contribution in [1.82, 2.24) is 9.97 Å². The molecule has 0 amide bonds. The van der Waals surface area contributed by atoms with Gasteiger partial charge in [-0.05, 0) is 118 Å². The molecule has 0 atom stereocenters.